The van der Waals surface area contributed by atoms with Crippen LogP contribution in [0.4, 0.5) is 11.4 Å². The second kappa shape index (κ2) is 10.1. The fraction of sp³-hybridized carbons (Fsp3) is 0.133. The Kier molecular flexibility index (Phi) is 6.51. The van der Waals surface area contributed by atoms with Crippen molar-refractivity contribution in [3.63, 3.8) is 0 Å². The van der Waals surface area contributed by atoms with Gasteiger partial charge in [-0.15, -0.1) is 0 Å². The summed E-state index contributed by atoms with van der Waals surface area (Å²) in [5.41, 5.74) is 11.4. The Morgan fingerprint density at radius 3 is 1.62 bits per heavy atom. The Balaban J connectivity index is 1.43. The van der Waals surface area contributed by atoms with Gasteiger partial charge in [-0.2, -0.15) is 10.2 Å². The first kappa shape index (κ1) is 23.9. The van der Waals surface area contributed by atoms with Crippen LogP contribution in [0.3, 0.4) is 0 Å². The molecular formula is C30H28N6O. The Morgan fingerprint density at radius 1 is 0.703 bits per heavy atom. The molecule has 5 aromatic rings. The van der Waals surface area contributed by atoms with Crippen LogP contribution in [0.1, 0.15) is 37.5 Å². The smallest absolute Gasteiger partial charge is 0.133 e. The average Bonchev–Trinajstić information content (AvgIpc) is 2.90. The van der Waals surface area contributed by atoms with Crippen LogP contribution < -0.4 is 10.9 Å². The predicted molar refractivity (Wildman–Crippen MR) is 153 cm³/mol. The van der Waals surface area contributed by atoms with Crippen molar-refractivity contribution in [3.8, 4) is 5.75 Å². The first-order chi connectivity index (χ1) is 17.9. The van der Waals surface area contributed by atoms with Gasteiger partial charge < -0.3 is 5.11 Å². The summed E-state index contributed by atoms with van der Waals surface area (Å²) in [5, 5.41) is 21.9. The molecular weight excluding hydrogens is 460 g/mol. The van der Waals surface area contributed by atoms with Gasteiger partial charge in [-0.05, 0) is 47.4 Å². The first-order valence-electron chi connectivity index (χ1n) is 12.0. The van der Waals surface area contributed by atoms with Crippen molar-refractivity contribution in [2.45, 2.75) is 26.2 Å². The maximum absolute atomic E-state index is 11.1. The number of phenolic OH excluding ortho intramolecular Hbond substituents is 1. The molecule has 5 rings (SSSR count). The molecule has 2 heterocycles. The predicted octanol–water partition coefficient (Wildman–Crippen LogP) is 6.68. The topological polar surface area (TPSA) is 94.8 Å². The molecule has 2 aromatic heterocycles. The number of aromatic hydroxyl groups is 1. The van der Waals surface area contributed by atoms with E-state index in [1.807, 2.05) is 72.8 Å². The highest BCUT2D eigenvalue weighted by Gasteiger charge is 2.18. The summed E-state index contributed by atoms with van der Waals surface area (Å²) in [6.45, 7) is 6.38. The minimum absolute atomic E-state index is 0.0937. The number of pyridine rings is 2. The Hall–Kier alpha value is -4.78. The first-order valence-corrected chi connectivity index (χ1v) is 12.0. The standard InChI is InChI=1S/C30H28N6O/c1-30(2,3)24-16-22(18-33-35-25-12-4-8-20-10-6-14-31-27(20)25)29(37)23(17-24)19-34-36-26-13-5-9-21-11-7-15-32-28(21)26/h4-19,35-37H,1-3H3/b33-18+,34-19+. The zero-order valence-corrected chi connectivity index (χ0v) is 21.0. The van der Waals surface area contributed by atoms with E-state index in [-0.39, 0.29) is 11.2 Å². The van der Waals surface area contributed by atoms with Gasteiger partial charge in [-0.1, -0.05) is 57.2 Å². The SMILES string of the molecule is CC(C)(C)c1cc(/C=N/Nc2cccc3cccnc23)c(O)c(/C=N/Nc2cccc3cccnc23)c1. The Labute approximate surface area is 215 Å². The summed E-state index contributed by atoms with van der Waals surface area (Å²) in [7, 11) is 0. The van der Waals surface area contributed by atoms with Gasteiger partial charge in [0.05, 0.1) is 34.8 Å². The van der Waals surface area contributed by atoms with E-state index in [0.29, 0.717) is 11.1 Å². The molecule has 0 saturated carbocycles. The lowest BCUT2D eigenvalue weighted by molar-refractivity contribution is 0.472. The third-order valence-corrected chi connectivity index (χ3v) is 6.08. The lowest BCUT2D eigenvalue weighted by Gasteiger charge is -2.21. The summed E-state index contributed by atoms with van der Waals surface area (Å²) in [6.07, 6.45) is 6.74. The number of aromatic nitrogens is 2. The molecule has 7 nitrogen and oxygen atoms in total. The van der Waals surface area contributed by atoms with E-state index in [9.17, 15) is 5.11 Å². The monoisotopic (exact) mass is 488 g/mol. The average molecular weight is 489 g/mol. The van der Waals surface area contributed by atoms with E-state index < -0.39 is 0 Å². The molecule has 184 valence electrons. The van der Waals surface area contributed by atoms with Crippen LogP contribution in [-0.4, -0.2) is 27.5 Å². The van der Waals surface area contributed by atoms with Gasteiger partial charge in [0, 0.05) is 34.3 Å². The molecule has 0 bridgehead atoms. The van der Waals surface area contributed by atoms with E-state index >= 15 is 0 Å². The summed E-state index contributed by atoms with van der Waals surface area (Å²) in [4.78, 5) is 8.90. The van der Waals surface area contributed by atoms with Crippen molar-refractivity contribution in [2.24, 2.45) is 10.2 Å². The summed E-state index contributed by atoms with van der Waals surface area (Å²) in [6, 6.07) is 23.5. The van der Waals surface area contributed by atoms with Crippen molar-refractivity contribution in [1.29, 1.82) is 0 Å². The minimum Gasteiger partial charge on any atom is -0.507 e. The molecule has 3 N–H and O–H groups in total. The number of rotatable bonds is 6. The number of hydrogen-bond acceptors (Lipinski definition) is 7. The number of fused-ring (bicyclic) bond motifs is 2. The summed E-state index contributed by atoms with van der Waals surface area (Å²) >= 11 is 0. The van der Waals surface area contributed by atoms with Crippen molar-refractivity contribution in [2.75, 3.05) is 10.9 Å². The van der Waals surface area contributed by atoms with E-state index in [1.54, 1.807) is 24.8 Å². The Morgan fingerprint density at radius 2 is 1.16 bits per heavy atom. The second-order valence-electron chi connectivity index (χ2n) is 9.75. The normalized spacial score (nSPS) is 12.1. The minimum atomic E-state index is -0.140. The molecule has 0 amide bonds. The highest BCUT2D eigenvalue weighted by atomic mass is 16.3. The van der Waals surface area contributed by atoms with Gasteiger partial charge in [0.25, 0.3) is 0 Å². The highest BCUT2D eigenvalue weighted by Crippen LogP contribution is 2.30. The summed E-state index contributed by atoms with van der Waals surface area (Å²) in [5.74, 6) is 0.0937. The second-order valence-corrected chi connectivity index (χ2v) is 9.75. The van der Waals surface area contributed by atoms with Gasteiger partial charge in [0.15, 0.2) is 0 Å². The van der Waals surface area contributed by atoms with Gasteiger partial charge in [0.1, 0.15) is 5.75 Å². The maximum Gasteiger partial charge on any atom is 0.133 e. The molecule has 0 fully saturated rings. The molecule has 0 aliphatic carbocycles. The van der Waals surface area contributed by atoms with E-state index in [2.05, 4.69) is 51.8 Å². The van der Waals surface area contributed by atoms with Crippen LogP contribution in [0.5, 0.6) is 5.75 Å². The number of nitrogens with zero attached hydrogens (tertiary/aromatic N) is 4. The number of para-hydroxylation sites is 2. The summed E-state index contributed by atoms with van der Waals surface area (Å²) < 4.78 is 0. The van der Waals surface area contributed by atoms with Crippen LogP contribution >= 0.6 is 0 Å². The Bertz CT molecular complexity index is 1510. The number of nitrogens with one attached hydrogen (secondary N) is 2. The lowest BCUT2D eigenvalue weighted by Crippen LogP contribution is -2.12. The van der Waals surface area contributed by atoms with Gasteiger partial charge in [0.2, 0.25) is 0 Å². The third kappa shape index (κ3) is 5.26. The van der Waals surface area contributed by atoms with Crippen LogP contribution in [0, 0.1) is 0 Å². The number of hydrogen-bond donors (Lipinski definition) is 3. The van der Waals surface area contributed by atoms with Crippen LogP contribution in [0.25, 0.3) is 21.8 Å². The number of anilines is 2. The van der Waals surface area contributed by atoms with Crippen molar-refractivity contribution in [1.82, 2.24) is 9.97 Å². The van der Waals surface area contributed by atoms with Crippen LogP contribution in [-0.2, 0) is 5.41 Å². The number of phenols is 1. The molecule has 7 heteroatoms. The molecule has 0 atom stereocenters. The van der Waals surface area contributed by atoms with Gasteiger partial charge in [-0.25, -0.2) is 0 Å². The largest absolute Gasteiger partial charge is 0.507 e. The number of hydrazone groups is 2. The van der Waals surface area contributed by atoms with E-state index in [1.165, 1.54) is 0 Å². The molecule has 0 spiro atoms. The zero-order chi connectivity index (χ0) is 25.8. The molecule has 0 radical (unpaired) electrons. The van der Waals surface area contributed by atoms with E-state index in [4.69, 9.17) is 0 Å². The van der Waals surface area contributed by atoms with Gasteiger partial charge >= 0.3 is 0 Å². The molecule has 3 aromatic carbocycles. The fourth-order valence-electron chi connectivity index (χ4n) is 4.04. The van der Waals surface area contributed by atoms with Gasteiger partial charge in [-0.3, -0.25) is 20.8 Å². The molecule has 0 aliphatic heterocycles. The molecule has 37 heavy (non-hydrogen) atoms. The highest BCUT2D eigenvalue weighted by molar-refractivity contribution is 5.95. The van der Waals surface area contributed by atoms with Crippen LogP contribution in [0.15, 0.2) is 95.4 Å². The van der Waals surface area contributed by atoms with Crippen molar-refractivity contribution < 1.29 is 5.11 Å². The quantitative estimate of drug-likeness (QED) is 0.183. The molecule has 0 unspecified atom stereocenters. The van der Waals surface area contributed by atoms with Crippen molar-refractivity contribution >= 4 is 45.6 Å². The lowest BCUT2D eigenvalue weighted by atomic mass is 9.85. The van der Waals surface area contributed by atoms with Crippen molar-refractivity contribution in [3.05, 3.63) is 102 Å². The third-order valence-electron chi connectivity index (χ3n) is 6.08. The van der Waals surface area contributed by atoms with E-state index in [0.717, 1.165) is 38.7 Å². The molecule has 0 saturated heterocycles. The maximum atomic E-state index is 11.1. The van der Waals surface area contributed by atoms with Crippen LogP contribution in [0.2, 0.25) is 0 Å². The zero-order valence-electron chi connectivity index (χ0n) is 21.0. The fourth-order valence-corrected chi connectivity index (χ4v) is 4.04. The number of benzene rings is 3. The molecule has 0 aliphatic rings.